The Bertz CT molecular complexity index is 420. The van der Waals surface area contributed by atoms with Crippen molar-refractivity contribution in [2.75, 3.05) is 6.54 Å². The van der Waals surface area contributed by atoms with Gasteiger partial charge in [-0.2, -0.15) is 0 Å². The van der Waals surface area contributed by atoms with E-state index in [1.807, 2.05) is 13.8 Å². The second kappa shape index (κ2) is 3.76. The van der Waals surface area contributed by atoms with Crippen LogP contribution in [0.3, 0.4) is 0 Å². The summed E-state index contributed by atoms with van der Waals surface area (Å²) >= 11 is 0. The maximum atomic E-state index is 10.5. The van der Waals surface area contributed by atoms with Crippen molar-refractivity contribution in [1.82, 2.24) is 4.90 Å². The molecule has 0 aromatic rings. The van der Waals surface area contributed by atoms with E-state index in [2.05, 4.69) is 0 Å². The lowest BCUT2D eigenvalue weighted by Crippen LogP contribution is -2.65. The zero-order valence-corrected chi connectivity index (χ0v) is 12.7. The monoisotopic (exact) mass is 285 g/mol. The molecule has 4 fully saturated rings. The van der Waals surface area contributed by atoms with Crippen LogP contribution in [-0.2, 0) is 0 Å². The third kappa shape index (κ3) is 1.36. The summed E-state index contributed by atoms with van der Waals surface area (Å²) in [5.74, 6) is -3.76. The van der Waals surface area contributed by atoms with Crippen LogP contribution in [0.2, 0.25) is 0 Å². The number of aliphatic hydroxyl groups is 4. The number of fused-ring (bicyclic) bond motifs is 2. The smallest absolute Gasteiger partial charge is 0.231 e. The van der Waals surface area contributed by atoms with Gasteiger partial charge in [0.05, 0.1) is 5.54 Å². The summed E-state index contributed by atoms with van der Waals surface area (Å²) in [5, 5.41) is 41.7. The molecule has 0 unspecified atom stereocenters. The van der Waals surface area contributed by atoms with Gasteiger partial charge in [0.15, 0.2) is 5.79 Å². The molecule has 5 nitrogen and oxygen atoms in total. The predicted molar refractivity (Wildman–Crippen MR) is 73.4 cm³/mol. The molecule has 4 rings (SSSR count). The fourth-order valence-corrected chi connectivity index (χ4v) is 5.01. The maximum absolute atomic E-state index is 10.5. The van der Waals surface area contributed by atoms with Gasteiger partial charge in [0.1, 0.15) is 0 Å². The van der Waals surface area contributed by atoms with Gasteiger partial charge in [-0.1, -0.05) is 13.8 Å². The first-order chi connectivity index (χ1) is 9.21. The van der Waals surface area contributed by atoms with E-state index in [1.165, 1.54) is 6.92 Å². The minimum Gasteiger partial charge on any atom is -0.364 e. The van der Waals surface area contributed by atoms with Gasteiger partial charge in [0, 0.05) is 12.0 Å². The van der Waals surface area contributed by atoms with Crippen LogP contribution in [0.25, 0.3) is 0 Å². The van der Waals surface area contributed by atoms with Crippen LogP contribution >= 0.6 is 0 Å². The highest BCUT2D eigenvalue weighted by Gasteiger charge is 2.84. The van der Waals surface area contributed by atoms with Crippen molar-refractivity contribution in [3.05, 3.63) is 0 Å². The highest BCUT2D eigenvalue weighted by molar-refractivity contribution is 5.31. The van der Waals surface area contributed by atoms with E-state index in [9.17, 15) is 20.4 Å². The van der Waals surface area contributed by atoms with Gasteiger partial charge in [-0.25, -0.2) is 4.90 Å². The normalized spacial score (nSPS) is 38.5. The average molecular weight is 285 g/mol. The first-order valence-corrected chi connectivity index (χ1v) is 7.88. The zero-order chi connectivity index (χ0) is 15.0. The van der Waals surface area contributed by atoms with Crippen LogP contribution in [-0.4, -0.2) is 49.1 Å². The van der Waals surface area contributed by atoms with Crippen LogP contribution in [0, 0.1) is 10.8 Å². The Morgan fingerprint density at radius 1 is 0.900 bits per heavy atom. The van der Waals surface area contributed by atoms with Gasteiger partial charge < -0.3 is 20.4 Å². The lowest BCUT2D eigenvalue weighted by atomic mass is 9.72. The molecule has 2 aliphatic heterocycles. The van der Waals surface area contributed by atoms with E-state index < -0.39 is 22.7 Å². The molecule has 2 saturated heterocycles. The second-order valence-electron chi connectivity index (χ2n) is 7.16. The topological polar surface area (TPSA) is 84.2 Å². The molecule has 116 valence electrons. The van der Waals surface area contributed by atoms with E-state index >= 15 is 0 Å². The summed E-state index contributed by atoms with van der Waals surface area (Å²) in [7, 11) is 0. The molecular weight excluding hydrogens is 258 g/mol. The van der Waals surface area contributed by atoms with Crippen LogP contribution in [0.5, 0.6) is 0 Å². The first-order valence-electron chi connectivity index (χ1n) is 7.88. The zero-order valence-electron chi connectivity index (χ0n) is 12.7. The minimum absolute atomic E-state index is 0.117. The van der Waals surface area contributed by atoms with Crippen LogP contribution in [0.4, 0.5) is 0 Å². The average Bonchev–Trinajstić information content (AvgIpc) is 3.20. The van der Waals surface area contributed by atoms with Gasteiger partial charge in [0.25, 0.3) is 0 Å². The molecule has 20 heavy (non-hydrogen) atoms. The number of rotatable bonds is 1. The summed E-state index contributed by atoms with van der Waals surface area (Å²) in [6.45, 7) is 5.95. The van der Waals surface area contributed by atoms with Crippen molar-refractivity contribution in [2.24, 2.45) is 10.8 Å². The van der Waals surface area contributed by atoms with Gasteiger partial charge >= 0.3 is 0 Å². The summed E-state index contributed by atoms with van der Waals surface area (Å²) in [5.41, 5.74) is -1.52. The summed E-state index contributed by atoms with van der Waals surface area (Å²) < 4.78 is 0. The molecule has 2 spiro atoms. The SMILES string of the molecule is CC.CC(O)(O)[C@]12CC3(CC3)C(O)(O)N1CCC21CC1. The second-order valence-corrected chi connectivity index (χ2v) is 7.16. The molecule has 2 heterocycles. The van der Waals surface area contributed by atoms with E-state index in [4.69, 9.17) is 0 Å². The van der Waals surface area contributed by atoms with E-state index in [0.29, 0.717) is 13.0 Å². The molecule has 1 atom stereocenters. The van der Waals surface area contributed by atoms with Gasteiger partial charge in [0.2, 0.25) is 5.91 Å². The minimum atomic E-state index is -1.89. The molecule has 0 bridgehead atoms. The third-order valence-electron chi connectivity index (χ3n) is 6.32. The van der Waals surface area contributed by atoms with Crippen molar-refractivity contribution < 1.29 is 20.4 Å². The molecule has 2 aliphatic carbocycles. The highest BCUT2D eigenvalue weighted by atomic mass is 16.5. The van der Waals surface area contributed by atoms with E-state index in [0.717, 1.165) is 32.1 Å². The quantitative estimate of drug-likeness (QED) is 0.535. The standard InChI is InChI=1S/C13H21NO4.C2H6/c1-9(15,16)12-8-11(4-5-11)13(17,18)14(12)7-6-10(12)2-3-10;1-2/h15-18H,2-8H2,1H3;1-2H3/t12-;/m0./s1. The van der Waals surface area contributed by atoms with Crippen molar-refractivity contribution in [2.45, 2.75) is 76.5 Å². The molecule has 2 saturated carbocycles. The summed E-state index contributed by atoms with van der Waals surface area (Å²) in [6.07, 6.45) is 4.80. The van der Waals surface area contributed by atoms with Crippen molar-refractivity contribution >= 4 is 0 Å². The molecule has 0 aromatic heterocycles. The molecule has 4 aliphatic rings. The van der Waals surface area contributed by atoms with E-state index in [-0.39, 0.29) is 5.41 Å². The molecule has 0 amide bonds. The lowest BCUT2D eigenvalue weighted by Gasteiger charge is -2.46. The third-order valence-corrected chi connectivity index (χ3v) is 6.32. The molecule has 5 heteroatoms. The Labute approximate surface area is 120 Å². The Kier molecular flexibility index (Phi) is 2.77. The Balaban J connectivity index is 0.000000581. The highest BCUT2D eigenvalue weighted by Crippen LogP contribution is 2.77. The van der Waals surface area contributed by atoms with Crippen LogP contribution < -0.4 is 0 Å². The summed E-state index contributed by atoms with van der Waals surface area (Å²) in [6, 6.07) is 0. The fraction of sp³-hybridized carbons (Fsp3) is 1.00. The van der Waals surface area contributed by atoms with Crippen molar-refractivity contribution in [3.63, 3.8) is 0 Å². The Hall–Kier alpha value is -0.200. The molecule has 0 radical (unpaired) electrons. The van der Waals surface area contributed by atoms with Gasteiger partial charge in [-0.05, 0) is 50.9 Å². The number of hydrogen-bond acceptors (Lipinski definition) is 5. The van der Waals surface area contributed by atoms with Crippen molar-refractivity contribution in [3.8, 4) is 0 Å². The first kappa shape index (κ1) is 14.7. The van der Waals surface area contributed by atoms with Gasteiger partial charge in [-0.15, -0.1) is 0 Å². The van der Waals surface area contributed by atoms with Crippen LogP contribution in [0.1, 0.15) is 59.3 Å². The maximum Gasteiger partial charge on any atom is 0.231 e. The Morgan fingerprint density at radius 2 is 1.40 bits per heavy atom. The largest absolute Gasteiger partial charge is 0.364 e. The molecule has 0 aromatic carbocycles. The molecular formula is C15H27NO4. The lowest BCUT2D eigenvalue weighted by molar-refractivity contribution is -0.318. The number of nitrogens with zero attached hydrogens (tertiary/aromatic N) is 1. The van der Waals surface area contributed by atoms with Gasteiger partial charge in [-0.3, -0.25) is 0 Å². The summed E-state index contributed by atoms with van der Waals surface area (Å²) in [4.78, 5) is 1.60. The fourth-order valence-electron chi connectivity index (χ4n) is 5.01. The van der Waals surface area contributed by atoms with Crippen molar-refractivity contribution in [1.29, 1.82) is 0 Å². The Morgan fingerprint density at radius 3 is 1.80 bits per heavy atom. The molecule has 4 N–H and O–H groups in total. The van der Waals surface area contributed by atoms with E-state index in [1.54, 1.807) is 4.90 Å². The number of hydrogen-bond donors (Lipinski definition) is 4. The van der Waals surface area contributed by atoms with Crippen LogP contribution in [0.15, 0.2) is 0 Å². The predicted octanol–water partition coefficient (Wildman–Crippen LogP) is 0.760.